The highest BCUT2D eigenvalue weighted by Crippen LogP contribution is 2.37. The van der Waals surface area contributed by atoms with Crippen molar-refractivity contribution in [1.29, 1.82) is 0 Å². The molecule has 2 aromatic heterocycles. The van der Waals surface area contributed by atoms with Gasteiger partial charge in [0, 0.05) is 53.7 Å². The summed E-state index contributed by atoms with van der Waals surface area (Å²) in [5.74, 6) is -0.367. The Kier molecular flexibility index (Phi) is 6.69. The quantitative estimate of drug-likeness (QED) is 0.261. The molecule has 1 unspecified atom stereocenters. The van der Waals surface area contributed by atoms with Crippen LogP contribution in [0.5, 0.6) is 0 Å². The van der Waals surface area contributed by atoms with Crippen molar-refractivity contribution < 1.29 is 4.39 Å². The number of anilines is 1. The zero-order chi connectivity index (χ0) is 26.1. The molecule has 38 heavy (non-hydrogen) atoms. The number of rotatable bonds is 6. The van der Waals surface area contributed by atoms with Crippen molar-refractivity contribution in [3.05, 3.63) is 119 Å². The first kappa shape index (κ1) is 24.4. The maximum absolute atomic E-state index is 14.6. The van der Waals surface area contributed by atoms with E-state index in [-0.39, 0.29) is 11.7 Å². The summed E-state index contributed by atoms with van der Waals surface area (Å²) in [7, 11) is 0. The van der Waals surface area contributed by atoms with Crippen LogP contribution in [-0.2, 0) is 6.42 Å². The zero-order valence-corrected chi connectivity index (χ0v) is 21.7. The number of piperidine rings is 1. The second-order valence-electron chi connectivity index (χ2n) is 10.3. The van der Waals surface area contributed by atoms with Crippen molar-refractivity contribution in [1.82, 2.24) is 9.97 Å². The molecule has 1 aliphatic rings. The van der Waals surface area contributed by atoms with Gasteiger partial charge < -0.3 is 15.6 Å². The molecule has 0 bridgehead atoms. The number of fused-ring (bicyclic) bond motifs is 1. The Balaban J connectivity index is 1.40. The molecule has 1 saturated heterocycles. The summed E-state index contributed by atoms with van der Waals surface area (Å²) >= 11 is 0. The molecule has 6 rings (SSSR count). The Morgan fingerprint density at radius 2 is 1.76 bits per heavy atom. The fourth-order valence-electron chi connectivity index (χ4n) is 5.72. The maximum atomic E-state index is 14.6. The minimum absolute atomic E-state index is 0.147. The van der Waals surface area contributed by atoms with Crippen LogP contribution in [-0.4, -0.2) is 29.1 Å². The lowest BCUT2D eigenvalue weighted by atomic mass is 9.84. The van der Waals surface area contributed by atoms with Gasteiger partial charge in [-0.3, -0.25) is 4.98 Å². The van der Waals surface area contributed by atoms with Gasteiger partial charge in [0.25, 0.3) is 0 Å². The number of para-hydroxylation sites is 1. The van der Waals surface area contributed by atoms with Crippen LogP contribution < -0.4 is 10.6 Å². The van der Waals surface area contributed by atoms with Gasteiger partial charge in [-0.15, -0.1) is 0 Å². The van der Waals surface area contributed by atoms with Gasteiger partial charge in [-0.25, -0.2) is 4.39 Å². The molecule has 192 valence electrons. The van der Waals surface area contributed by atoms with Crippen molar-refractivity contribution >= 4 is 16.6 Å². The van der Waals surface area contributed by atoms with Gasteiger partial charge in [0.15, 0.2) is 0 Å². The zero-order valence-electron chi connectivity index (χ0n) is 21.7. The number of aromatic amines is 1. The van der Waals surface area contributed by atoms with Gasteiger partial charge in [0.1, 0.15) is 5.82 Å². The van der Waals surface area contributed by atoms with E-state index in [2.05, 4.69) is 71.4 Å². The van der Waals surface area contributed by atoms with E-state index in [0.717, 1.165) is 76.9 Å². The normalized spacial score (nSPS) is 15.2. The summed E-state index contributed by atoms with van der Waals surface area (Å²) in [6.45, 7) is 4.11. The molecule has 3 aromatic carbocycles. The van der Waals surface area contributed by atoms with Gasteiger partial charge in [-0.05, 0) is 89.9 Å². The van der Waals surface area contributed by atoms with Gasteiger partial charge >= 0.3 is 0 Å². The van der Waals surface area contributed by atoms with Crippen LogP contribution in [0, 0.1) is 5.82 Å². The van der Waals surface area contributed by atoms with Crippen LogP contribution in [0.3, 0.4) is 0 Å². The second-order valence-corrected chi connectivity index (χ2v) is 10.3. The largest absolute Gasteiger partial charge is 0.371 e. The van der Waals surface area contributed by atoms with E-state index in [9.17, 15) is 4.39 Å². The lowest BCUT2D eigenvalue weighted by molar-refractivity contribution is 0.501. The van der Waals surface area contributed by atoms with E-state index in [0.29, 0.717) is 6.04 Å². The summed E-state index contributed by atoms with van der Waals surface area (Å²) in [5, 5.41) is 1.14. The van der Waals surface area contributed by atoms with Gasteiger partial charge in [-0.2, -0.15) is 0 Å². The van der Waals surface area contributed by atoms with Crippen molar-refractivity contribution in [2.75, 3.05) is 18.0 Å². The van der Waals surface area contributed by atoms with Crippen LogP contribution in [0.2, 0.25) is 0 Å². The summed E-state index contributed by atoms with van der Waals surface area (Å²) < 4.78 is 14.6. The van der Waals surface area contributed by atoms with E-state index in [1.54, 1.807) is 12.1 Å². The van der Waals surface area contributed by atoms with Crippen molar-refractivity contribution in [2.45, 2.75) is 38.1 Å². The fourth-order valence-corrected chi connectivity index (χ4v) is 5.72. The molecule has 1 aliphatic heterocycles. The predicted octanol–water partition coefficient (Wildman–Crippen LogP) is 7.04. The van der Waals surface area contributed by atoms with Gasteiger partial charge in [0.05, 0.1) is 5.69 Å². The first-order chi connectivity index (χ1) is 18.6. The maximum Gasteiger partial charge on any atom is 0.123 e. The topological polar surface area (TPSA) is 57.9 Å². The summed E-state index contributed by atoms with van der Waals surface area (Å²) in [4.78, 5) is 10.7. The minimum atomic E-state index is -0.221. The van der Waals surface area contributed by atoms with E-state index < -0.39 is 0 Å². The van der Waals surface area contributed by atoms with Crippen molar-refractivity contribution in [2.24, 2.45) is 5.73 Å². The lowest BCUT2D eigenvalue weighted by Crippen LogP contribution is -2.39. The Hall–Kier alpha value is -3.96. The van der Waals surface area contributed by atoms with E-state index in [4.69, 9.17) is 10.7 Å². The monoisotopic (exact) mass is 504 g/mol. The second kappa shape index (κ2) is 10.4. The van der Waals surface area contributed by atoms with E-state index in [1.807, 2.05) is 24.4 Å². The number of hydrogen-bond donors (Lipinski definition) is 2. The van der Waals surface area contributed by atoms with Gasteiger partial charge in [-0.1, -0.05) is 43.3 Å². The fraction of sp³-hybridized carbons (Fsp3) is 0.242. The number of halogens is 1. The standard InChI is InChI=1S/C33H33FN4/c1-2-22-7-10-26(34)21-29(22)33(32-19-24-5-3-4-6-30(24)37-32)25-13-16-36-31(20-25)23-8-11-28(12-9-23)38-17-14-27(35)15-18-38/h3-13,16,19-21,27,33,37H,2,14-15,17-18,35H2,1H3. The Morgan fingerprint density at radius 3 is 2.53 bits per heavy atom. The summed E-state index contributed by atoms with van der Waals surface area (Å²) in [6, 6.07) is 28.8. The highest BCUT2D eigenvalue weighted by Gasteiger charge is 2.23. The van der Waals surface area contributed by atoms with Crippen molar-refractivity contribution in [3.8, 4) is 11.3 Å². The van der Waals surface area contributed by atoms with Crippen LogP contribution in [0.15, 0.2) is 91.1 Å². The average Bonchev–Trinajstić information content (AvgIpc) is 3.38. The smallest absolute Gasteiger partial charge is 0.123 e. The number of aryl methyl sites for hydroxylation is 1. The Labute approximate surface area is 223 Å². The number of hydrogen-bond acceptors (Lipinski definition) is 3. The van der Waals surface area contributed by atoms with E-state index >= 15 is 0 Å². The molecule has 0 amide bonds. The number of nitrogens with zero attached hydrogens (tertiary/aromatic N) is 2. The molecule has 3 N–H and O–H groups in total. The van der Waals surface area contributed by atoms with Crippen LogP contribution in [0.1, 0.15) is 48.1 Å². The molecule has 0 spiro atoms. The van der Waals surface area contributed by atoms with Crippen molar-refractivity contribution in [3.63, 3.8) is 0 Å². The average molecular weight is 505 g/mol. The molecule has 0 radical (unpaired) electrons. The number of nitrogens with two attached hydrogens (primary N) is 1. The third-order valence-electron chi connectivity index (χ3n) is 7.85. The molecular weight excluding hydrogens is 471 g/mol. The number of benzene rings is 3. The van der Waals surface area contributed by atoms with E-state index in [1.165, 1.54) is 5.69 Å². The molecule has 4 nitrogen and oxygen atoms in total. The first-order valence-corrected chi connectivity index (χ1v) is 13.5. The minimum Gasteiger partial charge on any atom is -0.371 e. The highest BCUT2D eigenvalue weighted by molar-refractivity contribution is 5.81. The number of H-pyrrole nitrogens is 1. The Bertz CT molecular complexity index is 1510. The lowest BCUT2D eigenvalue weighted by Gasteiger charge is -2.32. The molecule has 0 aliphatic carbocycles. The number of pyridine rings is 1. The molecule has 5 aromatic rings. The summed E-state index contributed by atoms with van der Waals surface area (Å²) in [5.41, 5.74) is 14.6. The number of nitrogens with one attached hydrogen (secondary N) is 1. The molecule has 0 saturated carbocycles. The number of aromatic nitrogens is 2. The molecule has 3 heterocycles. The first-order valence-electron chi connectivity index (χ1n) is 13.5. The van der Waals surface area contributed by atoms with Gasteiger partial charge in [0.2, 0.25) is 0 Å². The SMILES string of the molecule is CCc1ccc(F)cc1C(c1ccnc(-c2ccc(N3CCC(N)CC3)cc2)c1)c1cc2ccccc2[nH]1. The Morgan fingerprint density at radius 1 is 0.974 bits per heavy atom. The third-order valence-corrected chi connectivity index (χ3v) is 7.85. The van der Waals surface area contributed by atoms with Crippen LogP contribution in [0.4, 0.5) is 10.1 Å². The molecule has 1 fully saturated rings. The molecule has 1 atom stereocenters. The summed E-state index contributed by atoms with van der Waals surface area (Å²) in [6.07, 6.45) is 4.75. The molecule has 5 heteroatoms. The molecular formula is C33H33FN4. The highest BCUT2D eigenvalue weighted by atomic mass is 19.1. The van der Waals surface area contributed by atoms with Crippen LogP contribution >= 0.6 is 0 Å². The predicted molar refractivity (Wildman–Crippen MR) is 154 cm³/mol. The third kappa shape index (κ3) is 4.82. The van der Waals surface area contributed by atoms with Crippen LogP contribution in [0.25, 0.3) is 22.2 Å².